The van der Waals surface area contributed by atoms with Gasteiger partial charge in [0.05, 0.1) is 22.4 Å². The van der Waals surface area contributed by atoms with Crippen molar-refractivity contribution in [1.82, 2.24) is 15.6 Å². The summed E-state index contributed by atoms with van der Waals surface area (Å²) in [6, 6.07) is 17.7. The Morgan fingerprint density at radius 2 is 1.74 bits per heavy atom. The van der Waals surface area contributed by atoms with Crippen LogP contribution in [0.5, 0.6) is 11.5 Å². The topological polar surface area (TPSA) is 113 Å². The van der Waals surface area contributed by atoms with Crippen LogP contribution >= 0.6 is 11.3 Å². The molecular formula is C29H25N5O4S. The quantitative estimate of drug-likeness (QED) is 0.260. The van der Waals surface area contributed by atoms with E-state index in [1.807, 2.05) is 42.5 Å². The number of rotatable bonds is 7. The lowest BCUT2D eigenvalue weighted by molar-refractivity contribution is -0.117. The zero-order valence-electron chi connectivity index (χ0n) is 20.8. The molecule has 10 heteroatoms. The number of pyridine rings is 1. The van der Waals surface area contributed by atoms with Crippen LogP contribution in [0.1, 0.15) is 28.9 Å². The van der Waals surface area contributed by atoms with Crippen molar-refractivity contribution >= 4 is 56.5 Å². The predicted octanol–water partition coefficient (Wildman–Crippen LogP) is 5.73. The smallest absolute Gasteiger partial charge is 0.331 e. The fourth-order valence-electron chi connectivity index (χ4n) is 5.07. The second-order valence-corrected chi connectivity index (χ2v) is 10.3. The third-order valence-corrected chi connectivity index (χ3v) is 7.97. The minimum absolute atomic E-state index is 0.169. The van der Waals surface area contributed by atoms with Crippen LogP contribution in [0.15, 0.2) is 79.5 Å². The Morgan fingerprint density at radius 3 is 2.49 bits per heavy atom. The number of amides is 4. The highest BCUT2D eigenvalue weighted by molar-refractivity contribution is 7.21. The number of para-hydroxylation sites is 1. The SMILES string of the molecule is C=CC(=O)NC1CCCC1NC(=O)c1sc2nccc3c2c1NC(=O)N3c1ccc(Oc2ccccc2)cc1. The average Bonchev–Trinajstić information content (AvgIpc) is 3.54. The number of aromatic nitrogens is 1. The number of hydrogen-bond donors (Lipinski definition) is 3. The highest BCUT2D eigenvalue weighted by Gasteiger charge is 2.35. The van der Waals surface area contributed by atoms with E-state index in [1.54, 1.807) is 29.3 Å². The van der Waals surface area contributed by atoms with Crippen LogP contribution in [0.4, 0.5) is 21.9 Å². The Kier molecular flexibility index (Phi) is 6.45. The summed E-state index contributed by atoms with van der Waals surface area (Å²) in [6.45, 7) is 3.50. The molecule has 3 N–H and O–H groups in total. The first-order valence-corrected chi connectivity index (χ1v) is 13.4. The van der Waals surface area contributed by atoms with Crippen molar-refractivity contribution in [2.75, 3.05) is 10.2 Å². The van der Waals surface area contributed by atoms with Crippen LogP contribution in [-0.4, -0.2) is 34.9 Å². The molecule has 4 aromatic rings. The van der Waals surface area contributed by atoms with Crippen LogP contribution in [0.3, 0.4) is 0 Å². The largest absolute Gasteiger partial charge is 0.457 e. The molecule has 2 atom stereocenters. The molecule has 196 valence electrons. The Balaban J connectivity index is 1.27. The molecule has 0 saturated heterocycles. The molecule has 6 rings (SSSR count). The van der Waals surface area contributed by atoms with Crippen molar-refractivity contribution < 1.29 is 19.1 Å². The van der Waals surface area contributed by atoms with Crippen molar-refractivity contribution in [3.05, 3.63) is 84.4 Å². The van der Waals surface area contributed by atoms with Crippen LogP contribution in [-0.2, 0) is 4.79 Å². The first-order valence-electron chi connectivity index (χ1n) is 12.6. The number of nitrogens with one attached hydrogen (secondary N) is 3. The van der Waals surface area contributed by atoms with Crippen LogP contribution in [0.25, 0.3) is 10.2 Å². The monoisotopic (exact) mass is 539 g/mol. The fraction of sp³-hybridized carbons (Fsp3) is 0.172. The number of urea groups is 1. The lowest BCUT2D eigenvalue weighted by Gasteiger charge is -2.28. The predicted molar refractivity (Wildman–Crippen MR) is 151 cm³/mol. The summed E-state index contributed by atoms with van der Waals surface area (Å²) in [7, 11) is 0. The van der Waals surface area contributed by atoms with Gasteiger partial charge in [0.2, 0.25) is 5.91 Å². The van der Waals surface area contributed by atoms with E-state index < -0.39 is 0 Å². The molecule has 9 nitrogen and oxygen atoms in total. The van der Waals surface area contributed by atoms with Gasteiger partial charge in [0.1, 0.15) is 21.2 Å². The number of nitrogens with zero attached hydrogens (tertiary/aromatic N) is 2. The first kappa shape index (κ1) is 24.6. The van der Waals surface area contributed by atoms with E-state index in [-0.39, 0.29) is 29.9 Å². The van der Waals surface area contributed by atoms with Crippen molar-refractivity contribution in [2.24, 2.45) is 0 Å². The number of benzene rings is 2. The lowest BCUT2D eigenvalue weighted by atomic mass is 10.1. The highest BCUT2D eigenvalue weighted by atomic mass is 32.1. The molecule has 3 heterocycles. The van der Waals surface area contributed by atoms with Crippen molar-refractivity contribution in [1.29, 1.82) is 0 Å². The van der Waals surface area contributed by atoms with E-state index in [0.29, 0.717) is 37.9 Å². The molecule has 1 aliphatic carbocycles. The fourth-order valence-corrected chi connectivity index (χ4v) is 6.09. The number of carbonyl (C=O) groups is 3. The molecule has 2 aromatic carbocycles. The number of hydrogen-bond acceptors (Lipinski definition) is 6. The minimum Gasteiger partial charge on any atom is -0.457 e. The van der Waals surface area contributed by atoms with Gasteiger partial charge in [0.15, 0.2) is 0 Å². The molecule has 2 unspecified atom stereocenters. The summed E-state index contributed by atoms with van der Waals surface area (Å²) < 4.78 is 5.88. The van der Waals surface area contributed by atoms with E-state index in [0.717, 1.165) is 25.0 Å². The minimum atomic E-state index is -0.379. The van der Waals surface area contributed by atoms with Crippen molar-refractivity contribution in [3.8, 4) is 11.5 Å². The lowest BCUT2D eigenvalue weighted by Crippen LogP contribution is -2.48. The maximum Gasteiger partial charge on any atom is 0.331 e. The zero-order valence-corrected chi connectivity index (χ0v) is 21.7. The Morgan fingerprint density at radius 1 is 1.03 bits per heavy atom. The van der Waals surface area contributed by atoms with Gasteiger partial charge >= 0.3 is 6.03 Å². The van der Waals surface area contributed by atoms with Gasteiger partial charge in [-0.1, -0.05) is 24.8 Å². The van der Waals surface area contributed by atoms with Crippen LogP contribution in [0.2, 0.25) is 0 Å². The van der Waals surface area contributed by atoms with Gasteiger partial charge in [-0.05, 0) is 67.8 Å². The Bertz CT molecular complexity index is 1580. The third kappa shape index (κ3) is 4.70. The van der Waals surface area contributed by atoms with Gasteiger partial charge in [-0.2, -0.15) is 0 Å². The molecule has 39 heavy (non-hydrogen) atoms. The molecule has 2 aromatic heterocycles. The first-order chi connectivity index (χ1) is 19.0. The molecule has 2 aliphatic rings. The van der Waals surface area contributed by atoms with Gasteiger partial charge in [-0.15, -0.1) is 11.3 Å². The summed E-state index contributed by atoms with van der Waals surface area (Å²) in [4.78, 5) is 45.6. The van der Waals surface area contributed by atoms with Crippen molar-refractivity contribution in [2.45, 2.75) is 31.3 Å². The molecule has 0 bridgehead atoms. The highest BCUT2D eigenvalue weighted by Crippen LogP contribution is 2.46. The zero-order chi connectivity index (χ0) is 26.9. The molecule has 4 amide bonds. The van der Waals surface area contributed by atoms with Crippen LogP contribution in [0, 0.1) is 0 Å². The van der Waals surface area contributed by atoms with E-state index in [1.165, 1.54) is 17.4 Å². The van der Waals surface area contributed by atoms with E-state index in [9.17, 15) is 14.4 Å². The van der Waals surface area contributed by atoms with Gasteiger partial charge in [-0.25, -0.2) is 9.78 Å². The standard InChI is InChI=1S/C29H25N5O4S/c1-2-23(35)31-20-9-6-10-21(20)32-27(36)26-25-24-22(15-16-30-28(24)39-26)34(29(37)33-25)17-11-13-19(14-12-17)38-18-7-4-3-5-8-18/h2-5,7-8,11-16,20-21H,1,6,9-10H2,(H,31,35)(H,32,36)(H,33,37). The molecule has 0 spiro atoms. The van der Waals surface area contributed by atoms with Gasteiger partial charge in [0, 0.05) is 18.3 Å². The second kappa shape index (κ2) is 10.2. The van der Waals surface area contributed by atoms with E-state index in [4.69, 9.17) is 4.74 Å². The maximum atomic E-state index is 13.4. The maximum absolute atomic E-state index is 13.4. The van der Waals surface area contributed by atoms with Gasteiger partial charge in [0.25, 0.3) is 5.91 Å². The second-order valence-electron chi connectivity index (χ2n) is 9.32. The molecular weight excluding hydrogens is 514 g/mol. The third-order valence-electron chi connectivity index (χ3n) is 6.87. The van der Waals surface area contributed by atoms with E-state index >= 15 is 0 Å². The van der Waals surface area contributed by atoms with E-state index in [2.05, 4.69) is 27.5 Å². The van der Waals surface area contributed by atoms with Gasteiger partial charge < -0.3 is 20.7 Å². The number of ether oxygens (including phenoxy) is 1. The molecule has 1 fully saturated rings. The van der Waals surface area contributed by atoms with Gasteiger partial charge in [-0.3, -0.25) is 14.5 Å². The molecule has 0 radical (unpaired) electrons. The molecule has 1 aliphatic heterocycles. The van der Waals surface area contributed by atoms with Crippen molar-refractivity contribution in [3.63, 3.8) is 0 Å². The summed E-state index contributed by atoms with van der Waals surface area (Å²) >= 11 is 1.23. The number of carbonyl (C=O) groups excluding carboxylic acids is 3. The average molecular weight is 540 g/mol. The summed E-state index contributed by atoms with van der Waals surface area (Å²) in [5, 5.41) is 9.57. The Hall–Kier alpha value is -4.70. The number of anilines is 3. The number of thiophene rings is 1. The van der Waals surface area contributed by atoms with Crippen LogP contribution < -0.4 is 25.6 Å². The Labute approximate surface area is 228 Å². The molecule has 1 saturated carbocycles. The normalized spacial score (nSPS) is 17.9. The summed E-state index contributed by atoms with van der Waals surface area (Å²) in [5.41, 5.74) is 1.74. The summed E-state index contributed by atoms with van der Waals surface area (Å²) in [6.07, 6.45) is 5.28. The summed E-state index contributed by atoms with van der Waals surface area (Å²) in [5.74, 6) is 0.795.